The maximum atomic E-state index is 14.3. The molecule has 2 fully saturated rings. The molecular weight excluding hydrogens is 552 g/mol. The number of aromatic hydroxyl groups is 1. The second-order valence-electron chi connectivity index (χ2n) is 13.6. The highest BCUT2D eigenvalue weighted by molar-refractivity contribution is 6.09. The zero-order valence-corrected chi connectivity index (χ0v) is 25.0. The number of hydrogen-bond acceptors (Lipinski definition) is 8. The van der Waals surface area contributed by atoms with Gasteiger partial charge < -0.3 is 31.5 Å². The Kier molecular flexibility index (Phi) is 7.35. The van der Waals surface area contributed by atoms with Crippen molar-refractivity contribution in [1.29, 1.82) is 0 Å². The third kappa shape index (κ3) is 4.33. The van der Waals surface area contributed by atoms with Crippen LogP contribution in [0.5, 0.6) is 5.75 Å². The van der Waals surface area contributed by atoms with E-state index in [1.807, 2.05) is 31.2 Å². The Bertz CT molecular complexity index is 1520. The number of phenolic OH excluding ortho intramolecular Hbond substituents is 1. The molecule has 2 aromatic rings. The molecule has 0 heterocycles. The third-order valence-corrected chi connectivity index (χ3v) is 10.5. The standard InChI is InChI=1S/C33H40N2O8/c1-15(2)24-27(39)23(30(34)42)28(40)33(43)29(41)25-26(38)22-20(12-31(25,4)14-32(24,33)5)19(10-11-21(22)37)18-8-6-17(7-9-18)13-35-16(3)36/h6-11,15,23-25,27,29,37,39,41,43H,12-14H2,1-5H3,(H2,34,42)(H,35,36)/t23?,24-,25?,27?,29?,31+,32+,33-/m0/s1. The molecule has 8 atom stereocenters. The zero-order valence-electron chi connectivity index (χ0n) is 25.0. The van der Waals surface area contributed by atoms with Gasteiger partial charge in [0, 0.05) is 18.9 Å². The fourth-order valence-electron chi connectivity index (χ4n) is 8.83. The van der Waals surface area contributed by atoms with E-state index in [1.54, 1.807) is 26.8 Å². The molecule has 2 aromatic carbocycles. The van der Waals surface area contributed by atoms with E-state index in [0.717, 1.165) is 11.1 Å². The fourth-order valence-corrected chi connectivity index (χ4v) is 8.83. The Morgan fingerprint density at radius 3 is 2.26 bits per heavy atom. The van der Waals surface area contributed by atoms with Crippen LogP contribution in [0.4, 0.5) is 0 Å². The van der Waals surface area contributed by atoms with Crippen molar-refractivity contribution >= 4 is 23.4 Å². The number of phenols is 1. The van der Waals surface area contributed by atoms with Gasteiger partial charge in [-0.05, 0) is 58.4 Å². The maximum absolute atomic E-state index is 14.3. The van der Waals surface area contributed by atoms with Crippen molar-refractivity contribution in [2.75, 3.05) is 0 Å². The van der Waals surface area contributed by atoms with Crippen LogP contribution in [0.2, 0.25) is 0 Å². The molecule has 0 aromatic heterocycles. The average Bonchev–Trinajstić information content (AvgIpc) is 2.89. The van der Waals surface area contributed by atoms with Crippen LogP contribution in [-0.2, 0) is 27.3 Å². The summed E-state index contributed by atoms with van der Waals surface area (Å²) in [5.41, 5.74) is 3.54. The summed E-state index contributed by atoms with van der Waals surface area (Å²) in [7, 11) is 0. The van der Waals surface area contributed by atoms with Crippen molar-refractivity contribution in [2.45, 2.75) is 71.8 Å². The molecular formula is C33H40N2O8. The quantitative estimate of drug-likeness (QED) is 0.284. The molecule has 0 radical (unpaired) electrons. The smallest absolute Gasteiger partial charge is 0.230 e. The number of ketones is 2. The molecule has 43 heavy (non-hydrogen) atoms. The van der Waals surface area contributed by atoms with E-state index < -0.39 is 63.9 Å². The van der Waals surface area contributed by atoms with Gasteiger partial charge in [0.25, 0.3) is 0 Å². The highest BCUT2D eigenvalue weighted by atomic mass is 16.4. The number of rotatable bonds is 5. The molecule has 3 aliphatic rings. The molecule has 3 aliphatic carbocycles. The van der Waals surface area contributed by atoms with Crippen LogP contribution in [0.3, 0.4) is 0 Å². The predicted octanol–water partition coefficient (Wildman–Crippen LogP) is 1.88. The number of aliphatic hydroxyl groups excluding tert-OH is 2. The first kappa shape index (κ1) is 30.8. The van der Waals surface area contributed by atoms with E-state index in [1.165, 1.54) is 13.0 Å². The first-order valence-electron chi connectivity index (χ1n) is 14.6. The molecule has 4 unspecified atom stereocenters. The predicted molar refractivity (Wildman–Crippen MR) is 156 cm³/mol. The highest BCUT2D eigenvalue weighted by Gasteiger charge is 2.75. The van der Waals surface area contributed by atoms with Gasteiger partial charge in [0.2, 0.25) is 11.8 Å². The second-order valence-corrected chi connectivity index (χ2v) is 13.6. The number of hydrogen-bond donors (Lipinski definition) is 6. The number of nitrogens with one attached hydrogen (secondary N) is 1. The molecule has 10 heteroatoms. The van der Waals surface area contributed by atoms with Crippen molar-refractivity contribution in [1.82, 2.24) is 5.32 Å². The Morgan fingerprint density at radius 2 is 1.70 bits per heavy atom. The van der Waals surface area contributed by atoms with Gasteiger partial charge in [0.15, 0.2) is 17.2 Å². The lowest BCUT2D eigenvalue weighted by Crippen LogP contribution is -2.79. The number of nitrogens with two attached hydrogens (primary N) is 1. The number of primary amides is 1. The number of carbonyl (C=O) groups is 4. The normalized spacial score (nSPS) is 35.1. The van der Waals surface area contributed by atoms with Crippen LogP contribution in [0.15, 0.2) is 36.4 Å². The molecule has 0 bridgehead atoms. The zero-order chi connectivity index (χ0) is 31.8. The van der Waals surface area contributed by atoms with Crippen LogP contribution in [0.1, 0.15) is 62.5 Å². The molecule has 10 nitrogen and oxygen atoms in total. The molecule has 5 rings (SSSR count). The molecule has 0 spiro atoms. The summed E-state index contributed by atoms with van der Waals surface area (Å²) >= 11 is 0. The van der Waals surface area contributed by atoms with E-state index in [2.05, 4.69) is 5.32 Å². The number of Topliss-reactive ketones (excluding diaryl/α,β-unsaturated/α-hetero) is 2. The van der Waals surface area contributed by atoms with Gasteiger partial charge in [-0.15, -0.1) is 0 Å². The van der Waals surface area contributed by atoms with Crippen molar-refractivity contribution in [3.8, 4) is 16.9 Å². The van der Waals surface area contributed by atoms with E-state index in [9.17, 15) is 39.6 Å². The summed E-state index contributed by atoms with van der Waals surface area (Å²) < 4.78 is 0. The molecule has 7 N–H and O–H groups in total. The summed E-state index contributed by atoms with van der Waals surface area (Å²) in [5.74, 6) is -7.38. The number of fused-ring (bicyclic) bond motifs is 3. The minimum absolute atomic E-state index is 0.0173. The first-order valence-corrected chi connectivity index (χ1v) is 14.6. The summed E-state index contributed by atoms with van der Waals surface area (Å²) in [5, 5.41) is 49.1. The molecule has 2 saturated carbocycles. The lowest BCUT2D eigenvalue weighted by Gasteiger charge is -2.66. The first-order chi connectivity index (χ1) is 20.0. The van der Waals surface area contributed by atoms with Crippen molar-refractivity contribution in [2.24, 2.45) is 40.2 Å². The Morgan fingerprint density at radius 1 is 1.07 bits per heavy atom. The largest absolute Gasteiger partial charge is 0.507 e. The fraction of sp³-hybridized carbons (Fsp3) is 0.515. The minimum Gasteiger partial charge on any atom is -0.507 e. The number of aliphatic hydroxyl groups is 3. The van der Waals surface area contributed by atoms with Crippen LogP contribution in [0.25, 0.3) is 11.1 Å². The van der Waals surface area contributed by atoms with Gasteiger partial charge in [-0.25, -0.2) is 0 Å². The third-order valence-electron chi connectivity index (χ3n) is 10.5. The topological polar surface area (TPSA) is 187 Å². The lowest BCUT2D eigenvalue weighted by molar-refractivity contribution is -0.265. The lowest BCUT2D eigenvalue weighted by atomic mass is 9.39. The van der Waals surface area contributed by atoms with Gasteiger partial charge in [0.1, 0.15) is 17.8 Å². The van der Waals surface area contributed by atoms with E-state index in [4.69, 9.17) is 5.73 Å². The summed E-state index contributed by atoms with van der Waals surface area (Å²) in [6.07, 6.45) is -3.10. The average molecular weight is 593 g/mol. The number of benzene rings is 2. The van der Waals surface area contributed by atoms with Crippen molar-refractivity contribution in [3.05, 3.63) is 53.1 Å². The Hall–Kier alpha value is -3.60. The second kappa shape index (κ2) is 10.2. The molecule has 2 amide bonds. The molecule has 0 saturated heterocycles. The number of carbonyl (C=O) groups excluding carboxylic acids is 4. The summed E-state index contributed by atoms with van der Waals surface area (Å²) in [4.78, 5) is 51.8. The van der Waals surface area contributed by atoms with E-state index in [-0.39, 0.29) is 36.0 Å². The van der Waals surface area contributed by atoms with E-state index in [0.29, 0.717) is 17.7 Å². The number of amides is 2. The highest BCUT2D eigenvalue weighted by Crippen LogP contribution is 2.66. The molecule has 230 valence electrons. The minimum atomic E-state index is -2.55. The van der Waals surface area contributed by atoms with Gasteiger partial charge in [0.05, 0.1) is 17.6 Å². The Labute approximate surface area is 250 Å². The van der Waals surface area contributed by atoms with Crippen molar-refractivity contribution in [3.63, 3.8) is 0 Å². The van der Waals surface area contributed by atoms with Gasteiger partial charge >= 0.3 is 0 Å². The van der Waals surface area contributed by atoms with Gasteiger partial charge in [-0.2, -0.15) is 0 Å². The van der Waals surface area contributed by atoms with Crippen LogP contribution in [-0.4, -0.2) is 61.6 Å². The summed E-state index contributed by atoms with van der Waals surface area (Å²) in [6, 6.07) is 10.6. The van der Waals surface area contributed by atoms with Crippen molar-refractivity contribution < 1.29 is 39.6 Å². The van der Waals surface area contributed by atoms with Crippen LogP contribution >= 0.6 is 0 Å². The maximum Gasteiger partial charge on any atom is 0.230 e. The molecule has 0 aliphatic heterocycles. The van der Waals surface area contributed by atoms with Crippen LogP contribution < -0.4 is 11.1 Å². The SMILES string of the molecule is CC(=O)NCc1ccc(-c2ccc(O)c3c2C[C@]2(C)C[C@]4(C)[C@@H](C(C)C)C(O)C(C(N)=O)C(=O)[C@]4(O)C(O)C2C3=O)cc1. The van der Waals surface area contributed by atoms with E-state index >= 15 is 0 Å². The van der Waals surface area contributed by atoms with Gasteiger partial charge in [-0.3, -0.25) is 19.2 Å². The monoisotopic (exact) mass is 592 g/mol. The summed E-state index contributed by atoms with van der Waals surface area (Å²) in [6.45, 7) is 8.87. The van der Waals surface area contributed by atoms with Crippen LogP contribution in [0, 0.1) is 34.5 Å². The Balaban J connectivity index is 1.65. The van der Waals surface area contributed by atoms with Gasteiger partial charge in [-0.1, -0.05) is 58.0 Å².